The van der Waals surface area contributed by atoms with Crippen molar-refractivity contribution in [3.63, 3.8) is 0 Å². The quantitative estimate of drug-likeness (QED) is 0.734. The second-order valence-corrected chi connectivity index (χ2v) is 5.16. The van der Waals surface area contributed by atoms with Crippen LogP contribution in [0.5, 0.6) is 0 Å². The van der Waals surface area contributed by atoms with Crippen LogP contribution < -0.4 is 0 Å². The fourth-order valence-corrected chi connectivity index (χ4v) is 3.67. The highest BCUT2D eigenvalue weighted by Crippen LogP contribution is 2.55. The second kappa shape index (κ2) is 3.65. The Hall–Kier alpha value is -0.370. The Morgan fingerprint density at radius 1 is 1.50 bits per heavy atom. The Morgan fingerprint density at radius 3 is 3.00 bits per heavy atom. The SMILES string of the molecule is CC12CCCC(=O)C1CCC2CCO. The number of aliphatic hydroxyl groups excluding tert-OH is 1. The van der Waals surface area contributed by atoms with E-state index in [1.165, 1.54) is 6.42 Å². The maximum atomic E-state index is 11.8. The summed E-state index contributed by atoms with van der Waals surface area (Å²) in [6.07, 6.45) is 6.15. The molecule has 3 atom stereocenters. The summed E-state index contributed by atoms with van der Waals surface area (Å²) in [4.78, 5) is 11.8. The number of Topliss-reactive ketones (excluding diaryl/α,β-unsaturated/α-hetero) is 1. The zero-order chi connectivity index (χ0) is 10.2. The van der Waals surface area contributed by atoms with Gasteiger partial charge < -0.3 is 5.11 Å². The van der Waals surface area contributed by atoms with Crippen LogP contribution in [0.2, 0.25) is 0 Å². The highest BCUT2D eigenvalue weighted by Gasteiger charge is 2.50. The molecule has 2 fully saturated rings. The van der Waals surface area contributed by atoms with Crippen LogP contribution in [0.25, 0.3) is 0 Å². The van der Waals surface area contributed by atoms with Gasteiger partial charge in [-0.3, -0.25) is 4.79 Å². The standard InChI is InChI=1S/C12H20O2/c1-12-7-2-3-11(14)10(12)5-4-9(12)6-8-13/h9-10,13H,2-8H2,1H3. The van der Waals surface area contributed by atoms with E-state index in [9.17, 15) is 4.79 Å². The number of hydrogen-bond acceptors (Lipinski definition) is 2. The Labute approximate surface area is 85.7 Å². The lowest BCUT2D eigenvalue weighted by molar-refractivity contribution is -0.129. The molecule has 0 bridgehead atoms. The molecule has 80 valence electrons. The smallest absolute Gasteiger partial charge is 0.136 e. The fourth-order valence-electron chi connectivity index (χ4n) is 3.67. The molecule has 2 saturated carbocycles. The zero-order valence-electron chi connectivity index (χ0n) is 8.96. The normalized spacial score (nSPS) is 42.6. The topological polar surface area (TPSA) is 37.3 Å². The van der Waals surface area contributed by atoms with Gasteiger partial charge >= 0.3 is 0 Å². The van der Waals surface area contributed by atoms with Crippen LogP contribution in [0.4, 0.5) is 0 Å². The summed E-state index contributed by atoms with van der Waals surface area (Å²) in [7, 11) is 0. The van der Waals surface area contributed by atoms with Crippen molar-refractivity contribution in [2.45, 2.75) is 45.4 Å². The molecular formula is C12H20O2. The molecule has 0 aromatic rings. The molecule has 2 rings (SSSR count). The molecule has 0 radical (unpaired) electrons. The average Bonchev–Trinajstić information content (AvgIpc) is 2.46. The van der Waals surface area contributed by atoms with Gasteiger partial charge in [-0.2, -0.15) is 0 Å². The largest absolute Gasteiger partial charge is 0.396 e. The number of rotatable bonds is 2. The number of carbonyl (C=O) groups is 1. The molecule has 0 amide bonds. The third-order valence-corrected chi connectivity index (χ3v) is 4.54. The van der Waals surface area contributed by atoms with Gasteiger partial charge in [-0.25, -0.2) is 0 Å². The maximum absolute atomic E-state index is 11.8. The van der Waals surface area contributed by atoms with E-state index < -0.39 is 0 Å². The van der Waals surface area contributed by atoms with Crippen molar-refractivity contribution in [2.24, 2.45) is 17.3 Å². The zero-order valence-corrected chi connectivity index (χ0v) is 8.96. The predicted octanol–water partition coefficient (Wildman–Crippen LogP) is 2.15. The molecule has 2 heteroatoms. The van der Waals surface area contributed by atoms with Crippen molar-refractivity contribution < 1.29 is 9.90 Å². The van der Waals surface area contributed by atoms with Gasteiger partial charge in [0, 0.05) is 18.9 Å². The van der Waals surface area contributed by atoms with E-state index in [0.29, 0.717) is 17.6 Å². The molecule has 2 nitrogen and oxygen atoms in total. The number of hydrogen-bond donors (Lipinski definition) is 1. The molecule has 0 heterocycles. The monoisotopic (exact) mass is 196 g/mol. The minimum absolute atomic E-state index is 0.220. The summed E-state index contributed by atoms with van der Waals surface area (Å²) < 4.78 is 0. The minimum Gasteiger partial charge on any atom is -0.396 e. The maximum Gasteiger partial charge on any atom is 0.136 e. The first-order chi connectivity index (χ1) is 6.68. The lowest BCUT2D eigenvalue weighted by Crippen LogP contribution is -2.37. The molecule has 0 spiro atoms. The molecule has 2 aliphatic rings. The Balaban J connectivity index is 2.16. The van der Waals surface area contributed by atoms with Crippen LogP contribution in [0, 0.1) is 17.3 Å². The molecule has 14 heavy (non-hydrogen) atoms. The van der Waals surface area contributed by atoms with Crippen molar-refractivity contribution in [2.75, 3.05) is 6.61 Å². The van der Waals surface area contributed by atoms with Crippen LogP contribution >= 0.6 is 0 Å². The summed E-state index contributed by atoms with van der Waals surface area (Å²) in [6.45, 7) is 2.54. The van der Waals surface area contributed by atoms with Gasteiger partial charge in [0.15, 0.2) is 0 Å². The summed E-state index contributed by atoms with van der Waals surface area (Å²) in [6, 6.07) is 0. The molecular weight excluding hydrogens is 176 g/mol. The van der Waals surface area contributed by atoms with Gasteiger partial charge in [0.1, 0.15) is 5.78 Å². The summed E-state index contributed by atoms with van der Waals surface area (Å²) in [5.74, 6) is 1.38. The van der Waals surface area contributed by atoms with Crippen LogP contribution in [-0.2, 0) is 4.79 Å². The molecule has 3 unspecified atom stereocenters. The highest BCUT2D eigenvalue weighted by molar-refractivity contribution is 5.83. The van der Waals surface area contributed by atoms with E-state index in [-0.39, 0.29) is 12.0 Å². The van der Waals surface area contributed by atoms with Gasteiger partial charge in [0.05, 0.1) is 0 Å². The van der Waals surface area contributed by atoms with Crippen molar-refractivity contribution >= 4 is 5.78 Å². The van der Waals surface area contributed by atoms with E-state index in [0.717, 1.165) is 32.1 Å². The van der Waals surface area contributed by atoms with Gasteiger partial charge in [-0.1, -0.05) is 6.92 Å². The van der Waals surface area contributed by atoms with E-state index in [4.69, 9.17) is 5.11 Å². The van der Waals surface area contributed by atoms with E-state index in [1.54, 1.807) is 0 Å². The first-order valence-electron chi connectivity index (χ1n) is 5.82. The van der Waals surface area contributed by atoms with Crippen molar-refractivity contribution in [1.29, 1.82) is 0 Å². The van der Waals surface area contributed by atoms with E-state index in [2.05, 4.69) is 6.92 Å². The summed E-state index contributed by atoms with van der Waals surface area (Å²) >= 11 is 0. The highest BCUT2D eigenvalue weighted by atomic mass is 16.3. The van der Waals surface area contributed by atoms with E-state index >= 15 is 0 Å². The first kappa shape index (κ1) is 10.2. The average molecular weight is 196 g/mol. The van der Waals surface area contributed by atoms with Crippen LogP contribution in [-0.4, -0.2) is 17.5 Å². The lowest BCUT2D eigenvalue weighted by atomic mass is 9.64. The number of aliphatic hydroxyl groups is 1. The minimum atomic E-state index is 0.220. The molecule has 0 aromatic carbocycles. The lowest BCUT2D eigenvalue weighted by Gasteiger charge is -2.39. The summed E-state index contributed by atoms with van der Waals surface area (Å²) in [5, 5.41) is 9.01. The molecule has 2 aliphatic carbocycles. The third kappa shape index (κ3) is 1.40. The van der Waals surface area contributed by atoms with E-state index in [1.807, 2.05) is 0 Å². The Bertz CT molecular complexity index is 236. The molecule has 0 aliphatic heterocycles. The van der Waals surface area contributed by atoms with Crippen molar-refractivity contribution in [1.82, 2.24) is 0 Å². The Kier molecular flexibility index (Phi) is 2.65. The number of fused-ring (bicyclic) bond motifs is 1. The predicted molar refractivity (Wildman–Crippen MR) is 54.9 cm³/mol. The van der Waals surface area contributed by atoms with Crippen LogP contribution in [0.15, 0.2) is 0 Å². The first-order valence-corrected chi connectivity index (χ1v) is 5.82. The van der Waals surface area contributed by atoms with Gasteiger partial charge in [-0.05, 0) is 43.4 Å². The number of ketones is 1. The van der Waals surface area contributed by atoms with Gasteiger partial charge in [0.2, 0.25) is 0 Å². The second-order valence-electron chi connectivity index (χ2n) is 5.16. The summed E-state index contributed by atoms with van der Waals surface area (Å²) in [5.41, 5.74) is 0.220. The molecule has 1 N–H and O–H groups in total. The fraction of sp³-hybridized carbons (Fsp3) is 0.917. The van der Waals surface area contributed by atoms with Crippen molar-refractivity contribution in [3.05, 3.63) is 0 Å². The van der Waals surface area contributed by atoms with Gasteiger partial charge in [0.25, 0.3) is 0 Å². The molecule has 0 saturated heterocycles. The van der Waals surface area contributed by atoms with Crippen molar-refractivity contribution in [3.8, 4) is 0 Å². The Morgan fingerprint density at radius 2 is 2.29 bits per heavy atom. The van der Waals surface area contributed by atoms with Gasteiger partial charge in [-0.15, -0.1) is 0 Å². The number of carbonyl (C=O) groups excluding carboxylic acids is 1. The van der Waals surface area contributed by atoms with Crippen LogP contribution in [0.1, 0.15) is 45.4 Å². The third-order valence-electron chi connectivity index (χ3n) is 4.54. The molecule has 0 aromatic heterocycles. The van der Waals surface area contributed by atoms with Crippen LogP contribution in [0.3, 0.4) is 0 Å².